The van der Waals surface area contributed by atoms with E-state index in [9.17, 15) is 4.79 Å². The first-order valence-electron chi connectivity index (χ1n) is 6.58. The van der Waals surface area contributed by atoms with Gasteiger partial charge in [-0.3, -0.25) is 4.79 Å². The van der Waals surface area contributed by atoms with Crippen molar-refractivity contribution in [3.05, 3.63) is 65.2 Å². The van der Waals surface area contributed by atoms with Crippen LogP contribution in [0.3, 0.4) is 0 Å². The lowest BCUT2D eigenvalue weighted by atomic mass is 10.0. The second-order valence-electron chi connectivity index (χ2n) is 4.51. The molecular weight excluding hydrogens is 266 g/mol. The fourth-order valence-corrected chi connectivity index (χ4v) is 1.95. The first-order valence-corrected chi connectivity index (χ1v) is 6.58. The van der Waals surface area contributed by atoms with E-state index in [2.05, 4.69) is 5.16 Å². The van der Waals surface area contributed by atoms with Crippen LogP contribution in [-0.4, -0.2) is 25.7 Å². The Hall–Kier alpha value is -2.62. The van der Waals surface area contributed by atoms with Crippen LogP contribution in [0, 0.1) is 6.92 Å². The number of aldehydes is 1. The van der Waals surface area contributed by atoms with Crippen molar-refractivity contribution < 1.29 is 14.4 Å². The zero-order chi connectivity index (χ0) is 15.1. The van der Waals surface area contributed by atoms with Gasteiger partial charge in [0.15, 0.2) is 0 Å². The van der Waals surface area contributed by atoms with Crippen LogP contribution in [-0.2, 0) is 4.84 Å². The van der Waals surface area contributed by atoms with Crippen LogP contribution in [0.15, 0.2) is 53.7 Å². The summed E-state index contributed by atoms with van der Waals surface area (Å²) in [5.74, 6) is 0.679. The maximum absolute atomic E-state index is 10.6. The standard InChI is InChI=1S/C17H17NO3/c1-13-5-3-4-6-16(13)17(18-20-2)12-21-15-9-7-14(11-19)8-10-15/h3-11H,12H2,1-2H3/b18-17+. The highest BCUT2D eigenvalue weighted by molar-refractivity contribution is 6.02. The van der Waals surface area contributed by atoms with Crippen LogP contribution in [0.5, 0.6) is 5.75 Å². The van der Waals surface area contributed by atoms with Gasteiger partial charge < -0.3 is 9.57 Å². The van der Waals surface area contributed by atoms with E-state index in [1.165, 1.54) is 7.11 Å². The number of nitrogens with zero attached hydrogens (tertiary/aromatic N) is 1. The second-order valence-corrected chi connectivity index (χ2v) is 4.51. The molecule has 108 valence electrons. The van der Waals surface area contributed by atoms with E-state index < -0.39 is 0 Å². The summed E-state index contributed by atoms with van der Waals surface area (Å²) >= 11 is 0. The number of carbonyl (C=O) groups is 1. The van der Waals surface area contributed by atoms with E-state index in [0.29, 0.717) is 17.9 Å². The summed E-state index contributed by atoms with van der Waals surface area (Å²) in [6.07, 6.45) is 0.801. The van der Waals surface area contributed by atoms with Crippen LogP contribution in [0.4, 0.5) is 0 Å². The molecule has 0 saturated carbocycles. The molecule has 2 aromatic carbocycles. The molecule has 0 unspecified atom stereocenters. The van der Waals surface area contributed by atoms with Crippen molar-refractivity contribution in [1.82, 2.24) is 0 Å². The largest absolute Gasteiger partial charge is 0.487 e. The Morgan fingerprint density at radius 2 is 1.86 bits per heavy atom. The Balaban J connectivity index is 2.12. The monoisotopic (exact) mass is 283 g/mol. The molecule has 0 heterocycles. The lowest BCUT2D eigenvalue weighted by Gasteiger charge is -2.10. The average Bonchev–Trinajstić information content (AvgIpc) is 2.53. The lowest BCUT2D eigenvalue weighted by molar-refractivity contribution is 0.112. The molecule has 0 aliphatic carbocycles. The molecular formula is C17H17NO3. The van der Waals surface area contributed by atoms with Gasteiger partial charge in [0, 0.05) is 11.1 Å². The summed E-state index contributed by atoms with van der Waals surface area (Å²) in [7, 11) is 1.51. The Bertz CT molecular complexity index is 633. The molecule has 0 spiro atoms. The number of rotatable bonds is 6. The summed E-state index contributed by atoms with van der Waals surface area (Å²) in [6, 6.07) is 14.9. The molecule has 2 rings (SSSR count). The maximum atomic E-state index is 10.6. The topological polar surface area (TPSA) is 47.9 Å². The smallest absolute Gasteiger partial charge is 0.150 e. The quantitative estimate of drug-likeness (QED) is 0.464. The molecule has 0 aliphatic rings. The Morgan fingerprint density at radius 1 is 1.14 bits per heavy atom. The van der Waals surface area contributed by atoms with Gasteiger partial charge in [0.2, 0.25) is 0 Å². The molecule has 0 amide bonds. The van der Waals surface area contributed by atoms with E-state index >= 15 is 0 Å². The van der Waals surface area contributed by atoms with Gasteiger partial charge in [-0.1, -0.05) is 29.4 Å². The van der Waals surface area contributed by atoms with Gasteiger partial charge in [0.05, 0.1) is 0 Å². The fourth-order valence-electron chi connectivity index (χ4n) is 1.95. The highest BCUT2D eigenvalue weighted by Gasteiger charge is 2.08. The number of carbonyl (C=O) groups excluding carboxylic acids is 1. The minimum atomic E-state index is 0.291. The third kappa shape index (κ3) is 3.92. The van der Waals surface area contributed by atoms with Crippen molar-refractivity contribution in [2.75, 3.05) is 13.7 Å². The maximum Gasteiger partial charge on any atom is 0.150 e. The van der Waals surface area contributed by atoms with Crippen LogP contribution >= 0.6 is 0 Å². The SMILES string of the molecule is CO/N=C(\COc1ccc(C=O)cc1)c1ccccc1C. The van der Waals surface area contributed by atoms with Gasteiger partial charge >= 0.3 is 0 Å². The normalized spacial score (nSPS) is 11.0. The highest BCUT2D eigenvalue weighted by Crippen LogP contribution is 2.14. The predicted octanol–water partition coefficient (Wildman–Crippen LogP) is 3.24. The molecule has 21 heavy (non-hydrogen) atoms. The van der Waals surface area contributed by atoms with Crippen molar-refractivity contribution in [2.45, 2.75) is 6.92 Å². The minimum Gasteiger partial charge on any atom is -0.487 e. The summed E-state index contributed by atoms with van der Waals surface area (Å²) in [4.78, 5) is 15.5. The lowest BCUT2D eigenvalue weighted by Crippen LogP contribution is -2.14. The Morgan fingerprint density at radius 3 is 2.48 bits per heavy atom. The van der Waals surface area contributed by atoms with E-state index in [1.54, 1.807) is 24.3 Å². The summed E-state index contributed by atoms with van der Waals surface area (Å²) in [5.41, 5.74) is 3.43. The van der Waals surface area contributed by atoms with Gasteiger partial charge in [-0.15, -0.1) is 0 Å². The zero-order valence-electron chi connectivity index (χ0n) is 12.1. The van der Waals surface area contributed by atoms with Crippen LogP contribution < -0.4 is 4.74 Å². The molecule has 0 atom stereocenters. The van der Waals surface area contributed by atoms with E-state index in [0.717, 1.165) is 23.1 Å². The first-order chi connectivity index (χ1) is 10.2. The number of benzene rings is 2. The van der Waals surface area contributed by atoms with E-state index in [-0.39, 0.29) is 0 Å². The van der Waals surface area contributed by atoms with Crippen molar-refractivity contribution in [3.8, 4) is 5.75 Å². The predicted molar refractivity (Wildman–Crippen MR) is 82.0 cm³/mol. The third-order valence-electron chi connectivity index (χ3n) is 3.05. The van der Waals surface area contributed by atoms with E-state index in [4.69, 9.17) is 9.57 Å². The van der Waals surface area contributed by atoms with Crippen molar-refractivity contribution >= 4 is 12.0 Å². The van der Waals surface area contributed by atoms with E-state index in [1.807, 2.05) is 31.2 Å². The Labute approximate surface area is 124 Å². The molecule has 0 fully saturated rings. The third-order valence-corrected chi connectivity index (χ3v) is 3.05. The molecule has 0 bridgehead atoms. The molecule has 4 nitrogen and oxygen atoms in total. The van der Waals surface area contributed by atoms with Gasteiger partial charge in [0.1, 0.15) is 31.5 Å². The van der Waals surface area contributed by atoms with Crippen LogP contribution in [0.25, 0.3) is 0 Å². The minimum absolute atomic E-state index is 0.291. The summed E-state index contributed by atoms with van der Waals surface area (Å²) < 4.78 is 5.70. The molecule has 2 aromatic rings. The molecule has 0 radical (unpaired) electrons. The molecule has 0 saturated heterocycles. The van der Waals surface area contributed by atoms with Gasteiger partial charge in [0.25, 0.3) is 0 Å². The molecule has 0 aliphatic heterocycles. The summed E-state index contributed by atoms with van der Waals surface area (Å²) in [5, 5.41) is 4.04. The average molecular weight is 283 g/mol. The second kappa shape index (κ2) is 7.24. The number of aryl methyl sites for hydroxylation is 1. The van der Waals surface area contributed by atoms with Gasteiger partial charge in [-0.2, -0.15) is 0 Å². The number of hydrogen-bond acceptors (Lipinski definition) is 4. The van der Waals surface area contributed by atoms with Crippen molar-refractivity contribution in [2.24, 2.45) is 5.16 Å². The fraction of sp³-hybridized carbons (Fsp3) is 0.176. The Kier molecular flexibility index (Phi) is 5.10. The highest BCUT2D eigenvalue weighted by atomic mass is 16.6. The molecule has 4 heteroatoms. The molecule has 0 aromatic heterocycles. The zero-order valence-corrected chi connectivity index (χ0v) is 12.1. The van der Waals surface area contributed by atoms with Gasteiger partial charge in [-0.05, 0) is 36.8 Å². The number of ether oxygens (including phenoxy) is 1. The van der Waals surface area contributed by atoms with Gasteiger partial charge in [-0.25, -0.2) is 0 Å². The van der Waals surface area contributed by atoms with Crippen LogP contribution in [0.2, 0.25) is 0 Å². The summed E-state index contributed by atoms with van der Waals surface area (Å²) in [6.45, 7) is 2.30. The van der Waals surface area contributed by atoms with Crippen molar-refractivity contribution in [3.63, 3.8) is 0 Å². The number of oxime groups is 1. The first kappa shape index (κ1) is 14.8. The van der Waals surface area contributed by atoms with Crippen molar-refractivity contribution in [1.29, 1.82) is 0 Å². The van der Waals surface area contributed by atoms with Crippen LogP contribution in [0.1, 0.15) is 21.5 Å². The number of hydrogen-bond donors (Lipinski definition) is 0. The molecule has 0 N–H and O–H groups in total.